The molecule has 2 aromatic carbocycles. The van der Waals surface area contributed by atoms with E-state index in [0.29, 0.717) is 17.9 Å². The van der Waals surface area contributed by atoms with Gasteiger partial charge in [-0.25, -0.2) is 4.98 Å². The van der Waals surface area contributed by atoms with Crippen molar-refractivity contribution in [2.75, 3.05) is 19.5 Å². The first kappa shape index (κ1) is 16.9. The Morgan fingerprint density at radius 2 is 1.89 bits per heavy atom. The van der Waals surface area contributed by atoms with Gasteiger partial charge in [-0.05, 0) is 42.7 Å². The lowest BCUT2D eigenvalue weighted by molar-refractivity contribution is -0.116. The summed E-state index contributed by atoms with van der Waals surface area (Å²) < 4.78 is 13.0. The minimum atomic E-state index is -0.244. The molecule has 3 aromatic rings. The summed E-state index contributed by atoms with van der Waals surface area (Å²) in [6, 6.07) is 13.6. The van der Waals surface area contributed by atoms with Crippen molar-refractivity contribution in [2.24, 2.45) is 0 Å². The van der Waals surface area contributed by atoms with E-state index in [0.717, 1.165) is 46.7 Å². The monoisotopic (exact) mass is 375 g/mol. The number of nitrogens with one attached hydrogen (secondary N) is 1. The number of allylic oxidation sites excluding steroid dienone is 2. The molecule has 6 nitrogen and oxygen atoms in total. The maximum absolute atomic E-state index is 13.0. The number of para-hydroxylation sites is 2. The minimum Gasteiger partial charge on any atom is -0.493 e. The quantitative estimate of drug-likeness (QED) is 0.747. The number of hydrogen-bond donors (Lipinski definition) is 1. The Morgan fingerprint density at radius 1 is 1.07 bits per heavy atom. The van der Waals surface area contributed by atoms with Crippen LogP contribution < -0.4 is 14.8 Å². The summed E-state index contributed by atoms with van der Waals surface area (Å²) in [5, 5.41) is 3.42. The molecule has 6 heteroatoms. The molecule has 0 saturated heterocycles. The van der Waals surface area contributed by atoms with Crippen molar-refractivity contribution in [2.45, 2.75) is 25.3 Å². The van der Waals surface area contributed by atoms with Gasteiger partial charge in [0.1, 0.15) is 0 Å². The predicted octanol–water partition coefficient (Wildman–Crippen LogP) is 4.08. The first-order valence-corrected chi connectivity index (χ1v) is 9.43. The number of imidazole rings is 1. The normalized spacial score (nSPS) is 18.5. The average Bonchev–Trinajstić information content (AvgIpc) is 3.10. The first-order chi connectivity index (χ1) is 13.7. The lowest BCUT2D eigenvalue weighted by Crippen LogP contribution is -2.30. The van der Waals surface area contributed by atoms with Gasteiger partial charge in [0, 0.05) is 17.7 Å². The standard InChI is InChI=1S/C22H21N3O3/c1-27-18-11-10-13(12-19(18)28-2)21-20-15(7-5-9-17(20)26)24-22-23-14-6-3-4-8-16(14)25(21)22/h3-4,6,8,10-12,21H,5,7,9H2,1-2H3,(H,23,24)/t21-/m0/s1. The molecule has 1 atom stereocenters. The molecule has 2 aliphatic rings. The number of carbonyl (C=O) groups excluding carboxylic acids is 1. The summed E-state index contributed by atoms with van der Waals surface area (Å²) in [4.78, 5) is 17.7. The largest absolute Gasteiger partial charge is 0.493 e. The Kier molecular flexibility index (Phi) is 3.86. The van der Waals surface area contributed by atoms with Gasteiger partial charge in [-0.3, -0.25) is 9.36 Å². The van der Waals surface area contributed by atoms with Crippen LogP contribution in [-0.2, 0) is 4.79 Å². The van der Waals surface area contributed by atoms with Crippen LogP contribution >= 0.6 is 0 Å². The molecule has 1 aliphatic carbocycles. The molecule has 0 saturated carbocycles. The van der Waals surface area contributed by atoms with E-state index in [9.17, 15) is 4.79 Å². The average molecular weight is 375 g/mol. The van der Waals surface area contributed by atoms with Crippen LogP contribution in [0.15, 0.2) is 53.7 Å². The van der Waals surface area contributed by atoms with E-state index in [1.54, 1.807) is 14.2 Å². The molecule has 0 radical (unpaired) electrons. The van der Waals surface area contributed by atoms with Crippen LogP contribution in [0.25, 0.3) is 11.0 Å². The van der Waals surface area contributed by atoms with Crippen molar-refractivity contribution in [3.8, 4) is 11.5 Å². The zero-order chi connectivity index (χ0) is 19.3. The van der Waals surface area contributed by atoms with E-state index in [1.807, 2.05) is 42.5 Å². The molecule has 0 spiro atoms. The topological polar surface area (TPSA) is 65.4 Å². The summed E-state index contributed by atoms with van der Waals surface area (Å²) in [6.45, 7) is 0. The number of Topliss-reactive ketones (excluding diaryl/α,β-unsaturated/α-hetero) is 1. The third kappa shape index (κ3) is 2.41. The summed E-state index contributed by atoms with van der Waals surface area (Å²) in [5.41, 5.74) is 4.69. The Balaban J connectivity index is 1.78. The van der Waals surface area contributed by atoms with Gasteiger partial charge in [0.15, 0.2) is 17.3 Å². The van der Waals surface area contributed by atoms with E-state index in [1.165, 1.54) is 0 Å². The molecule has 28 heavy (non-hydrogen) atoms. The van der Waals surface area contributed by atoms with Gasteiger partial charge in [0.05, 0.1) is 31.3 Å². The second kappa shape index (κ2) is 6.41. The van der Waals surface area contributed by atoms with Gasteiger partial charge < -0.3 is 14.8 Å². The first-order valence-electron chi connectivity index (χ1n) is 9.43. The fourth-order valence-electron chi connectivity index (χ4n) is 4.31. The van der Waals surface area contributed by atoms with E-state index in [2.05, 4.69) is 9.88 Å². The van der Waals surface area contributed by atoms with Gasteiger partial charge in [0.2, 0.25) is 5.95 Å². The van der Waals surface area contributed by atoms with Crippen LogP contribution in [0.2, 0.25) is 0 Å². The molecule has 0 amide bonds. The van der Waals surface area contributed by atoms with E-state index >= 15 is 0 Å². The highest BCUT2D eigenvalue weighted by Gasteiger charge is 2.36. The van der Waals surface area contributed by atoms with Crippen LogP contribution in [0.1, 0.15) is 30.9 Å². The lowest BCUT2D eigenvalue weighted by Gasteiger charge is -2.34. The van der Waals surface area contributed by atoms with Crippen LogP contribution in [0.5, 0.6) is 11.5 Å². The number of hydrogen-bond acceptors (Lipinski definition) is 5. The van der Waals surface area contributed by atoms with Gasteiger partial charge >= 0.3 is 0 Å². The molecule has 1 N–H and O–H groups in total. The third-order valence-corrected chi connectivity index (χ3v) is 5.57. The Morgan fingerprint density at radius 3 is 2.71 bits per heavy atom. The van der Waals surface area contributed by atoms with Gasteiger partial charge in [-0.1, -0.05) is 18.2 Å². The Bertz CT molecular complexity index is 1130. The van der Waals surface area contributed by atoms with E-state index in [-0.39, 0.29) is 11.8 Å². The number of anilines is 1. The molecule has 0 fully saturated rings. The fraction of sp³-hybridized carbons (Fsp3) is 0.273. The number of ether oxygens (including phenoxy) is 2. The second-order valence-corrected chi connectivity index (χ2v) is 7.11. The van der Waals surface area contributed by atoms with Gasteiger partial charge in [-0.15, -0.1) is 0 Å². The number of aromatic nitrogens is 2. The molecule has 142 valence electrons. The highest BCUT2D eigenvalue weighted by atomic mass is 16.5. The van der Waals surface area contributed by atoms with E-state index in [4.69, 9.17) is 14.5 Å². The van der Waals surface area contributed by atoms with E-state index < -0.39 is 0 Å². The summed E-state index contributed by atoms with van der Waals surface area (Å²) >= 11 is 0. The molecule has 2 heterocycles. The summed E-state index contributed by atoms with van der Waals surface area (Å²) in [7, 11) is 3.24. The number of fused-ring (bicyclic) bond motifs is 3. The molecular formula is C22H21N3O3. The van der Waals surface area contributed by atoms with Crippen LogP contribution in [-0.4, -0.2) is 29.6 Å². The SMILES string of the molecule is COc1ccc([C@H]2C3=C(CCCC3=O)Nc3nc4ccccc4n32)cc1OC. The van der Waals surface area contributed by atoms with Crippen molar-refractivity contribution < 1.29 is 14.3 Å². The zero-order valence-corrected chi connectivity index (χ0v) is 15.9. The second-order valence-electron chi connectivity index (χ2n) is 7.11. The molecular weight excluding hydrogens is 354 g/mol. The van der Waals surface area contributed by atoms with Crippen LogP contribution in [0.4, 0.5) is 5.95 Å². The zero-order valence-electron chi connectivity index (χ0n) is 15.9. The number of rotatable bonds is 3. The van der Waals surface area contributed by atoms with Crippen molar-refractivity contribution in [3.05, 3.63) is 59.3 Å². The van der Waals surface area contributed by atoms with Crippen molar-refractivity contribution in [1.82, 2.24) is 9.55 Å². The number of benzene rings is 2. The van der Waals surface area contributed by atoms with Gasteiger partial charge in [-0.2, -0.15) is 0 Å². The van der Waals surface area contributed by atoms with Crippen LogP contribution in [0.3, 0.4) is 0 Å². The van der Waals surface area contributed by atoms with Crippen molar-refractivity contribution in [3.63, 3.8) is 0 Å². The number of carbonyl (C=O) groups is 1. The number of nitrogens with zero attached hydrogens (tertiary/aromatic N) is 2. The lowest BCUT2D eigenvalue weighted by atomic mass is 9.85. The predicted molar refractivity (Wildman–Crippen MR) is 107 cm³/mol. The molecule has 1 aromatic heterocycles. The Labute approximate surface area is 162 Å². The summed E-state index contributed by atoms with van der Waals surface area (Å²) in [5.74, 6) is 2.28. The smallest absolute Gasteiger partial charge is 0.209 e. The molecule has 0 bridgehead atoms. The highest BCUT2D eigenvalue weighted by molar-refractivity contribution is 6.00. The Hall–Kier alpha value is -3.28. The van der Waals surface area contributed by atoms with Crippen LogP contribution in [0, 0.1) is 0 Å². The van der Waals surface area contributed by atoms with Crippen molar-refractivity contribution in [1.29, 1.82) is 0 Å². The number of methoxy groups -OCH3 is 2. The molecule has 5 rings (SSSR count). The third-order valence-electron chi connectivity index (χ3n) is 5.57. The molecule has 0 unspecified atom stereocenters. The molecule has 1 aliphatic heterocycles. The fourth-order valence-corrected chi connectivity index (χ4v) is 4.31. The highest BCUT2D eigenvalue weighted by Crippen LogP contribution is 2.44. The maximum Gasteiger partial charge on any atom is 0.209 e. The maximum atomic E-state index is 13.0. The summed E-state index contributed by atoms with van der Waals surface area (Å²) in [6.07, 6.45) is 2.30. The number of ketones is 1. The minimum absolute atomic E-state index is 0.192. The van der Waals surface area contributed by atoms with Gasteiger partial charge in [0.25, 0.3) is 0 Å². The van der Waals surface area contributed by atoms with Crippen molar-refractivity contribution >= 4 is 22.8 Å².